The molecule has 21 heavy (non-hydrogen) atoms. The lowest BCUT2D eigenvalue weighted by atomic mass is 9.79. The molecule has 3 rings (SSSR count). The molecule has 0 amide bonds. The van der Waals surface area contributed by atoms with Gasteiger partial charge in [0, 0.05) is 37.3 Å². The Hall–Kier alpha value is -1.32. The zero-order chi connectivity index (χ0) is 14.7. The van der Waals surface area contributed by atoms with Crippen molar-refractivity contribution in [3.63, 3.8) is 0 Å². The van der Waals surface area contributed by atoms with E-state index in [1.807, 2.05) is 0 Å². The molecule has 1 fully saturated rings. The second-order valence-electron chi connectivity index (χ2n) is 6.40. The quantitative estimate of drug-likeness (QED) is 0.886. The van der Waals surface area contributed by atoms with Gasteiger partial charge < -0.3 is 15.0 Å². The number of nitrogens with zero attached hydrogens (tertiary/aromatic N) is 1. The summed E-state index contributed by atoms with van der Waals surface area (Å²) in [5.41, 5.74) is 2.66. The van der Waals surface area contributed by atoms with Crippen molar-refractivity contribution in [3.8, 4) is 0 Å². The third-order valence-electron chi connectivity index (χ3n) is 5.00. The van der Waals surface area contributed by atoms with E-state index in [1.165, 1.54) is 42.1 Å². The Balaban J connectivity index is 1.61. The van der Waals surface area contributed by atoms with E-state index in [0.717, 1.165) is 13.1 Å². The fourth-order valence-electron chi connectivity index (χ4n) is 3.75. The van der Waals surface area contributed by atoms with Crippen molar-refractivity contribution in [3.05, 3.63) is 36.0 Å². The SMILES string of the molecule is Cn1cc(CNCC2CCCCC2CO)c2ccccc21. The van der Waals surface area contributed by atoms with Crippen LogP contribution in [0.25, 0.3) is 10.9 Å². The highest BCUT2D eigenvalue weighted by Gasteiger charge is 2.23. The molecule has 0 saturated heterocycles. The van der Waals surface area contributed by atoms with Gasteiger partial charge in [-0.25, -0.2) is 0 Å². The van der Waals surface area contributed by atoms with E-state index in [-0.39, 0.29) is 0 Å². The maximum atomic E-state index is 9.49. The molecule has 2 N–H and O–H groups in total. The van der Waals surface area contributed by atoms with Crippen molar-refractivity contribution in [1.82, 2.24) is 9.88 Å². The van der Waals surface area contributed by atoms with Crippen LogP contribution in [-0.4, -0.2) is 22.8 Å². The minimum atomic E-state index is 0.348. The number of para-hydroxylation sites is 1. The molecule has 2 unspecified atom stereocenters. The normalized spacial score (nSPS) is 22.8. The number of nitrogens with one attached hydrogen (secondary N) is 1. The molecule has 0 radical (unpaired) electrons. The predicted molar refractivity (Wildman–Crippen MR) is 87.2 cm³/mol. The van der Waals surface area contributed by atoms with Crippen LogP contribution < -0.4 is 5.32 Å². The average molecular weight is 286 g/mol. The minimum absolute atomic E-state index is 0.348. The monoisotopic (exact) mass is 286 g/mol. The van der Waals surface area contributed by atoms with Crippen molar-refractivity contribution >= 4 is 10.9 Å². The molecule has 0 bridgehead atoms. The van der Waals surface area contributed by atoms with Crippen molar-refractivity contribution in [2.75, 3.05) is 13.2 Å². The smallest absolute Gasteiger partial charge is 0.0481 e. The number of aryl methyl sites for hydroxylation is 1. The molecule has 3 heteroatoms. The molecule has 1 aliphatic carbocycles. The van der Waals surface area contributed by atoms with E-state index in [0.29, 0.717) is 18.4 Å². The highest BCUT2D eigenvalue weighted by molar-refractivity contribution is 5.83. The molecule has 0 spiro atoms. The summed E-state index contributed by atoms with van der Waals surface area (Å²) in [5.74, 6) is 1.14. The summed E-state index contributed by atoms with van der Waals surface area (Å²) in [6.07, 6.45) is 7.27. The molecule has 114 valence electrons. The molecule has 1 aromatic carbocycles. The van der Waals surface area contributed by atoms with Gasteiger partial charge in [-0.1, -0.05) is 31.0 Å². The maximum absolute atomic E-state index is 9.49. The number of aromatic nitrogens is 1. The summed E-state index contributed by atoms with van der Waals surface area (Å²) >= 11 is 0. The Morgan fingerprint density at radius 3 is 2.76 bits per heavy atom. The Kier molecular flexibility index (Phi) is 4.61. The van der Waals surface area contributed by atoms with Crippen LogP contribution in [0.15, 0.2) is 30.5 Å². The van der Waals surface area contributed by atoms with E-state index in [2.05, 4.69) is 47.4 Å². The van der Waals surface area contributed by atoms with Crippen LogP contribution in [0.3, 0.4) is 0 Å². The van der Waals surface area contributed by atoms with E-state index < -0.39 is 0 Å². The zero-order valence-electron chi connectivity index (χ0n) is 12.9. The van der Waals surface area contributed by atoms with Crippen molar-refractivity contribution in [2.45, 2.75) is 32.2 Å². The summed E-state index contributed by atoms with van der Waals surface area (Å²) in [7, 11) is 2.11. The fraction of sp³-hybridized carbons (Fsp3) is 0.556. The van der Waals surface area contributed by atoms with Crippen LogP contribution in [0.2, 0.25) is 0 Å². The lowest BCUT2D eigenvalue weighted by molar-refractivity contribution is 0.133. The molecule has 1 aliphatic rings. The Morgan fingerprint density at radius 2 is 1.95 bits per heavy atom. The largest absolute Gasteiger partial charge is 0.396 e. The lowest BCUT2D eigenvalue weighted by Gasteiger charge is -2.30. The van der Waals surface area contributed by atoms with E-state index in [1.54, 1.807) is 0 Å². The van der Waals surface area contributed by atoms with Gasteiger partial charge >= 0.3 is 0 Å². The molecule has 0 aliphatic heterocycles. The van der Waals surface area contributed by atoms with Gasteiger partial charge in [-0.3, -0.25) is 0 Å². The second-order valence-corrected chi connectivity index (χ2v) is 6.40. The van der Waals surface area contributed by atoms with Crippen molar-refractivity contribution in [2.24, 2.45) is 18.9 Å². The number of hydrogen-bond donors (Lipinski definition) is 2. The number of hydrogen-bond acceptors (Lipinski definition) is 2. The number of aliphatic hydroxyl groups is 1. The first-order valence-corrected chi connectivity index (χ1v) is 8.14. The summed E-state index contributed by atoms with van der Waals surface area (Å²) < 4.78 is 2.20. The van der Waals surface area contributed by atoms with Crippen LogP contribution in [0.1, 0.15) is 31.2 Å². The van der Waals surface area contributed by atoms with E-state index in [4.69, 9.17) is 0 Å². The summed E-state index contributed by atoms with van der Waals surface area (Å²) in [6.45, 7) is 2.28. The van der Waals surface area contributed by atoms with E-state index >= 15 is 0 Å². The second kappa shape index (κ2) is 6.63. The molecule has 3 nitrogen and oxygen atoms in total. The summed E-state index contributed by atoms with van der Waals surface area (Å²) in [4.78, 5) is 0. The van der Waals surface area contributed by atoms with Crippen LogP contribution in [0, 0.1) is 11.8 Å². The first-order chi connectivity index (χ1) is 10.3. The first-order valence-electron chi connectivity index (χ1n) is 8.14. The first kappa shape index (κ1) is 14.6. The Bertz CT molecular complexity index is 590. The molecule has 2 aromatic rings. The highest BCUT2D eigenvalue weighted by Crippen LogP contribution is 2.29. The molecule has 2 atom stereocenters. The fourth-order valence-corrected chi connectivity index (χ4v) is 3.75. The van der Waals surface area contributed by atoms with Gasteiger partial charge in [-0.05, 0) is 42.9 Å². The number of benzene rings is 1. The predicted octanol–water partition coefficient (Wildman–Crippen LogP) is 3.07. The summed E-state index contributed by atoms with van der Waals surface area (Å²) in [6, 6.07) is 8.56. The molecular weight excluding hydrogens is 260 g/mol. The standard InChI is InChI=1S/C18H26N2O/c1-20-12-16(17-8-4-5-9-18(17)20)11-19-10-14-6-2-3-7-15(14)13-21/h4-5,8-9,12,14-15,19,21H,2-3,6-7,10-11,13H2,1H3. The molecular formula is C18H26N2O. The molecule has 1 heterocycles. The third-order valence-corrected chi connectivity index (χ3v) is 5.00. The van der Waals surface area contributed by atoms with Crippen LogP contribution in [0.4, 0.5) is 0 Å². The average Bonchev–Trinajstić information content (AvgIpc) is 2.85. The van der Waals surface area contributed by atoms with Gasteiger partial charge in [0.2, 0.25) is 0 Å². The summed E-state index contributed by atoms with van der Waals surface area (Å²) in [5, 5.41) is 14.5. The van der Waals surface area contributed by atoms with Gasteiger partial charge in [0.25, 0.3) is 0 Å². The minimum Gasteiger partial charge on any atom is -0.396 e. The number of rotatable bonds is 5. The molecule has 1 aromatic heterocycles. The Labute approximate surface area is 127 Å². The molecule has 1 saturated carbocycles. The topological polar surface area (TPSA) is 37.2 Å². The van der Waals surface area contributed by atoms with Crippen molar-refractivity contribution < 1.29 is 5.11 Å². The number of fused-ring (bicyclic) bond motifs is 1. The van der Waals surface area contributed by atoms with Crippen LogP contribution in [0.5, 0.6) is 0 Å². The Morgan fingerprint density at radius 1 is 1.19 bits per heavy atom. The van der Waals surface area contributed by atoms with Gasteiger partial charge in [0.05, 0.1) is 0 Å². The van der Waals surface area contributed by atoms with Gasteiger partial charge in [-0.2, -0.15) is 0 Å². The van der Waals surface area contributed by atoms with Gasteiger partial charge in [-0.15, -0.1) is 0 Å². The van der Waals surface area contributed by atoms with Gasteiger partial charge in [0.1, 0.15) is 0 Å². The van der Waals surface area contributed by atoms with Crippen LogP contribution >= 0.6 is 0 Å². The number of aliphatic hydroxyl groups excluding tert-OH is 1. The van der Waals surface area contributed by atoms with Crippen molar-refractivity contribution in [1.29, 1.82) is 0 Å². The van der Waals surface area contributed by atoms with E-state index in [9.17, 15) is 5.11 Å². The van der Waals surface area contributed by atoms with Gasteiger partial charge in [0.15, 0.2) is 0 Å². The van der Waals surface area contributed by atoms with Crippen LogP contribution in [-0.2, 0) is 13.6 Å². The third kappa shape index (κ3) is 3.14. The lowest BCUT2D eigenvalue weighted by Crippen LogP contribution is -2.32. The highest BCUT2D eigenvalue weighted by atomic mass is 16.3. The zero-order valence-corrected chi connectivity index (χ0v) is 12.9. The maximum Gasteiger partial charge on any atom is 0.0481 e.